The van der Waals surface area contributed by atoms with Crippen LogP contribution < -0.4 is 9.47 Å². The Balaban J connectivity index is 2.11. The van der Waals surface area contributed by atoms with Gasteiger partial charge in [0.15, 0.2) is 5.16 Å². The number of methoxy groups -OCH3 is 2. The number of thioether (sulfide) groups is 1. The zero-order valence-electron chi connectivity index (χ0n) is 11.5. The van der Waals surface area contributed by atoms with Crippen molar-refractivity contribution in [2.24, 2.45) is 11.8 Å². The largest absolute Gasteiger partial charge is 0.481 e. The molecular formula is C13H20N2O3S. The number of aromatic nitrogens is 2. The topological polar surface area (TPSA) is 64.5 Å². The smallest absolute Gasteiger partial charge is 0.220 e. The first-order chi connectivity index (χ1) is 9.17. The van der Waals surface area contributed by atoms with Crippen molar-refractivity contribution in [2.75, 3.05) is 20.8 Å². The van der Waals surface area contributed by atoms with Gasteiger partial charge >= 0.3 is 0 Å². The van der Waals surface area contributed by atoms with Crippen molar-refractivity contribution in [1.29, 1.82) is 0 Å². The molecule has 1 aromatic rings. The van der Waals surface area contributed by atoms with E-state index in [4.69, 9.17) is 9.47 Å². The Morgan fingerprint density at radius 2 is 1.89 bits per heavy atom. The molecule has 0 amide bonds. The van der Waals surface area contributed by atoms with Crippen molar-refractivity contribution in [1.82, 2.24) is 9.97 Å². The van der Waals surface area contributed by atoms with Gasteiger partial charge in [-0.25, -0.2) is 0 Å². The number of rotatable bonds is 7. The molecule has 1 fully saturated rings. The molecule has 1 N–H and O–H groups in total. The second kappa shape index (κ2) is 6.43. The number of aliphatic hydroxyl groups excluding tert-OH is 1. The Morgan fingerprint density at radius 3 is 2.32 bits per heavy atom. The van der Waals surface area contributed by atoms with E-state index >= 15 is 0 Å². The highest BCUT2D eigenvalue weighted by molar-refractivity contribution is 7.99. The first-order valence-electron chi connectivity index (χ1n) is 6.42. The van der Waals surface area contributed by atoms with Crippen LogP contribution in [0.1, 0.15) is 19.8 Å². The lowest BCUT2D eigenvalue weighted by Gasteiger charge is -2.20. The Bertz CT molecular complexity index is 404. The third kappa shape index (κ3) is 3.73. The van der Waals surface area contributed by atoms with Crippen molar-refractivity contribution >= 4 is 11.8 Å². The summed E-state index contributed by atoms with van der Waals surface area (Å²) in [6, 6.07) is 1.64. The van der Waals surface area contributed by atoms with Gasteiger partial charge in [-0.1, -0.05) is 18.7 Å². The Morgan fingerprint density at radius 1 is 1.32 bits per heavy atom. The summed E-state index contributed by atoms with van der Waals surface area (Å²) in [6.45, 7) is 2.31. The van der Waals surface area contributed by atoms with Crippen LogP contribution in [-0.4, -0.2) is 41.2 Å². The molecule has 2 rings (SSSR count). The molecule has 1 saturated carbocycles. The lowest BCUT2D eigenvalue weighted by Crippen LogP contribution is -2.20. The van der Waals surface area contributed by atoms with E-state index < -0.39 is 0 Å². The second-order valence-electron chi connectivity index (χ2n) is 4.77. The van der Waals surface area contributed by atoms with E-state index in [0.29, 0.717) is 22.8 Å². The second-order valence-corrected chi connectivity index (χ2v) is 5.98. The standard InChI is InChI=1S/C13H20N2O3S/c1-8(9-4-5-9)10(7-16)19-13-14-11(17-2)6-12(15-13)18-3/h6,8-10,16H,4-5,7H2,1-3H3. The zero-order valence-corrected chi connectivity index (χ0v) is 12.3. The van der Waals surface area contributed by atoms with E-state index in [-0.39, 0.29) is 11.9 Å². The van der Waals surface area contributed by atoms with Crippen LogP contribution in [0.15, 0.2) is 11.2 Å². The number of nitrogens with zero attached hydrogens (tertiary/aromatic N) is 2. The minimum Gasteiger partial charge on any atom is -0.481 e. The van der Waals surface area contributed by atoms with Crippen LogP contribution in [0.3, 0.4) is 0 Å². The summed E-state index contributed by atoms with van der Waals surface area (Å²) in [5.74, 6) is 2.16. The summed E-state index contributed by atoms with van der Waals surface area (Å²) in [7, 11) is 3.12. The van der Waals surface area contributed by atoms with Gasteiger partial charge in [0.2, 0.25) is 11.8 Å². The number of hydrogen-bond donors (Lipinski definition) is 1. The summed E-state index contributed by atoms with van der Waals surface area (Å²) < 4.78 is 10.3. The van der Waals surface area contributed by atoms with E-state index in [1.54, 1.807) is 20.3 Å². The molecule has 0 spiro atoms. The van der Waals surface area contributed by atoms with Gasteiger partial charge in [0.25, 0.3) is 0 Å². The van der Waals surface area contributed by atoms with Crippen molar-refractivity contribution in [3.63, 3.8) is 0 Å². The molecule has 1 aromatic heterocycles. The summed E-state index contributed by atoms with van der Waals surface area (Å²) in [4.78, 5) is 8.58. The van der Waals surface area contributed by atoms with Gasteiger partial charge in [-0.2, -0.15) is 9.97 Å². The molecule has 1 aliphatic carbocycles. The summed E-state index contributed by atoms with van der Waals surface area (Å²) in [6.07, 6.45) is 2.53. The summed E-state index contributed by atoms with van der Waals surface area (Å²) >= 11 is 1.49. The van der Waals surface area contributed by atoms with Gasteiger partial charge in [0, 0.05) is 5.25 Å². The molecule has 1 aliphatic rings. The molecule has 2 unspecified atom stereocenters. The maximum absolute atomic E-state index is 9.55. The van der Waals surface area contributed by atoms with E-state index in [1.807, 2.05) is 0 Å². The third-order valence-corrected chi connectivity index (χ3v) is 4.74. The SMILES string of the molecule is COc1cc(OC)nc(SC(CO)C(C)C2CC2)n1. The molecule has 106 valence electrons. The molecule has 0 saturated heterocycles. The van der Waals surface area contributed by atoms with Crippen LogP contribution in [0.4, 0.5) is 0 Å². The fraction of sp³-hybridized carbons (Fsp3) is 0.692. The van der Waals surface area contributed by atoms with Gasteiger partial charge in [-0.15, -0.1) is 0 Å². The molecule has 2 atom stereocenters. The van der Waals surface area contributed by atoms with Crippen LogP contribution in [0.25, 0.3) is 0 Å². The predicted molar refractivity (Wildman–Crippen MR) is 73.8 cm³/mol. The van der Waals surface area contributed by atoms with Crippen molar-refractivity contribution in [3.05, 3.63) is 6.07 Å². The zero-order chi connectivity index (χ0) is 13.8. The monoisotopic (exact) mass is 284 g/mol. The van der Waals surface area contributed by atoms with Crippen LogP contribution in [-0.2, 0) is 0 Å². The summed E-state index contributed by atoms with van der Waals surface area (Å²) in [5, 5.41) is 10.2. The van der Waals surface area contributed by atoms with Crippen LogP contribution in [0, 0.1) is 11.8 Å². The van der Waals surface area contributed by atoms with Gasteiger partial charge < -0.3 is 14.6 Å². The molecule has 0 bridgehead atoms. The normalized spacial score (nSPS) is 17.9. The molecule has 0 radical (unpaired) electrons. The van der Waals surface area contributed by atoms with Crippen LogP contribution in [0.2, 0.25) is 0 Å². The fourth-order valence-corrected chi connectivity index (χ4v) is 3.08. The van der Waals surface area contributed by atoms with Crippen molar-refractivity contribution in [2.45, 2.75) is 30.2 Å². The Hall–Kier alpha value is -1.01. The van der Waals surface area contributed by atoms with Crippen molar-refractivity contribution in [3.8, 4) is 11.8 Å². The number of aliphatic hydroxyl groups is 1. The Kier molecular flexibility index (Phi) is 4.87. The lowest BCUT2D eigenvalue weighted by atomic mass is 10.0. The maximum Gasteiger partial charge on any atom is 0.220 e. The van der Waals surface area contributed by atoms with E-state index in [1.165, 1.54) is 24.6 Å². The minimum atomic E-state index is 0.115. The van der Waals surface area contributed by atoms with E-state index in [9.17, 15) is 5.11 Å². The average molecular weight is 284 g/mol. The highest BCUT2D eigenvalue weighted by atomic mass is 32.2. The molecule has 6 heteroatoms. The average Bonchev–Trinajstić information content (AvgIpc) is 3.28. The number of ether oxygens (including phenoxy) is 2. The third-order valence-electron chi connectivity index (χ3n) is 3.47. The van der Waals surface area contributed by atoms with Gasteiger partial charge in [0.1, 0.15) is 0 Å². The highest BCUT2D eigenvalue weighted by Crippen LogP contribution is 2.42. The molecule has 1 heterocycles. The van der Waals surface area contributed by atoms with E-state index in [0.717, 1.165) is 5.92 Å². The lowest BCUT2D eigenvalue weighted by molar-refractivity contribution is 0.261. The highest BCUT2D eigenvalue weighted by Gasteiger charge is 2.34. The van der Waals surface area contributed by atoms with Gasteiger partial charge in [-0.05, 0) is 24.7 Å². The van der Waals surface area contributed by atoms with Gasteiger partial charge in [-0.3, -0.25) is 0 Å². The molecule has 0 aromatic carbocycles. The first-order valence-corrected chi connectivity index (χ1v) is 7.30. The number of hydrogen-bond acceptors (Lipinski definition) is 6. The minimum absolute atomic E-state index is 0.115. The molecular weight excluding hydrogens is 264 g/mol. The predicted octanol–water partition coefficient (Wildman–Crippen LogP) is 1.99. The van der Waals surface area contributed by atoms with Crippen LogP contribution in [0.5, 0.6) is 11.8 Å². The quantitative estimate of drug-likeness (QED) is 0.610. The van der Waals surface area contributed by atoms with Crippen molar-refractivity contribution < 1.29 is 14.6 Å². The van der Waals surface area contributed by atoms with Gasteiger partial charge in [0.05, 0.1) is 26.9 Å². The first kappa shape index (κ1) is 14.4. The fourth-order valence-electron chi connectivity index (χ4n) is 2.02. The molecule has 0 aliphatic heterocycles. The summed E-state index contributed by atoms with van der Waals surface area (Å²) in [5.41, 5.74) is 0. The molecule has 19 heavy (non-hydrogen) atoms. The van der Waals surface area contributed by atoms with E-state index in [2.05, 4.69) is 16.9 Å². The molecule has 5 nitrogen and oxygen atoms in total. The van der Waals surface area contributed by atoms with Crippen LogP contribution >= 0.6 is 11.8 Å². The maximum atomic E-state index is 9.55. The Labute approximate surface area is 117 Å².